The number of nitrogens with zero attached hydrogens (tertiary/aromatic N) is 2. The van der Waals surface area contributed by atoms with Gasteiger partial charge in [0.05, 0.1) is 12.2 Å². The quantitative estimate of drug-likeness (QED) is 0.704. The molecule has 94 valence electrons. The minimum absolute atomic E-state index is 0.104. The first-order chi connectivity index (χ1) is 7.71. The first-order valence-corrected chi connectivity index (χ1v) is 6.16. The molecule has 17 heavy (non-hydrogen) atoms. The maximum Gasteiger partial charge on any atom is 0.0811 e. The SMILES string of the molecule is CC(C)(C)C(=NCc1ccccn1)C(C)(C)C. The first-order valence-electron chi connectivity index (χ1n) is 6.16. The molecule has 1 aromatic heterocycles. The van der Waals surface area contributed by atoms with Crippen LogP contribution in [0, 0.1) is 10.8 Å². The molecule has 0 spiro atoms. The molecule has 0 atom stereocenters. The van der Waals surface area contributed by atoms with Gasteiger partial charge in [-0.1, -0.05) is 47.6 Å². The van der Waals surface area contributed by atoms with Crippen LogP contribution in [-0.4, -0.2) is 10.7 Å². The van der Waals surface area contributed by atoms with Crippen molar-refractivity contribution in [2.24, 2.45) is 15.8 Å². The first kappa shape index (κ1) is 13.9. The summed E-state index contributed by atoms with van der Waals surface area (Å²) in [5.74, 6) is 0. The Hall–Kier alpha value is -1.18. The fourth-order valence-electron chi connectivity index (χ4n) is 2.25. The van der Waals surface area contributed by atoms with Gasteiger partial charge in [-0.3, -0.25) is 9.98 Å². The number of hydrogen-bond donors (Lipinski definition) is 0. The maximum absolute atomic E-state index is 4.79. The van der Waals surface area contributed by atoms with E-state index in [4.69, 9.17) is 4.99 Å². The van der Waals surface area contributed by atoms with E-state index in [-0.39, 0.29) is 10.8 Å². The van der Waals surface area contributed by atoms with Gasteiger partial charge in [-0.25, -0.2) is 0 Å². The van der Waals surface area contributed by atoms with E-state index in [0.29, 0.717) is 6.54 Å². The van der Waals surface area contributed by atoms with E-state index in [1.807, 2.05) is 24.4 Å². The van der Waals surface area contributed by atoms with Crippen molar-refractivity contribution in [3.63, 3.8) is 0 Å². The lowest BCUT2D eigenvalue weighted by Crippen LogP contribution is -2.33. The molecule has 0 saturated heterocycles. The lowest BCUT2D eigenvalue weighted by molar-refractivity contribution is 0.475. The molecule has 0 aromatic carbocycles. The Morgan fingerprint density at radius 2 is 1.65 bits per heavy atom. The third kappa shape index (κ3) is 4.29. The summed E-state index contributed by atoms with van der Waals surface area (Å²) >= 11 is 0. The van der Waals surface area contributed by atoms with E-state index >= 15 is 0 Å². The Bertz CT molecular complexity index is 362. The van der Waals surface area contributed by atoms with Gasteiger partial charge in [0.2, 0.25) is 0 Å². The number of rotatable bonds is 2. The zero-order valence-corrected chi connectivity index (χ0v) is 11.9. The van der Waals surface area contributed by atoms with Gasteiger partial charge in [0.15, 0.2) is 0 Å². The summed E-state index contributed by atoms with van der Waals surface area (Å²) < 4.78 is 0. The molecule has 0 fully saturated rings. The van der Waals surface area contributed by atoms with Crippen LogP contribution in [0.1, 0.15) is 47.2 Å². The second-order valence-electron chi connectivity index (χ2n) is 6.49. The van der Waals surface area contributed by atoms with E-state index in [1.165, 1.54) is 5.71 Å². The number of aromatic nitrogens is 1. The monoisotopic (exact) mass is 232 g/mol. The Morgan fingerprint density at radius 3 is 2.06 bits per heavy atom. The zero-order chi connectivity index (χ0) is 13.1. The fourth-order valence-corrected chi connectivity index (χ4v) is 2.25. The minimum Gasteiger partial charge on any atom is -0.287 e. The zero-order valence-electron chi connectivity index (χ0n) is 11.9. The summed E-state index contributed by atoms with van der Waals surface area (Å²) in [6, 6.07) is 5.96. The van der Waals surface area contributed by atoms with Crippen LogP contribution < -0.4 is 0 Å². The Morgan fingerprint density at radius 1 is 1.06 bits per heavy atom. The summed E-state index contributed by atoms with van der Waals surface area (Å²) in [6.45, 7) is 14.0. The van der Waals surface area contributed by atoms with Crippen LogP contribution in [-0.2, 0) is 6.54 Å². The van der Waals surface area contributed by atoms with Crippen molar-refractivity contribution < 1.29 is 0 Å². The number of hydrogen-bond acceptors (Lipinski definition) is 2. The van der Waals surface area contributed by atoms with Gasteiger partial charge in [-0.05, 0) is 12.1 Å². The summed E-state index contributed by atoms with van der Waals surface area (Å²) in [5, 5.41) is 0. The average Bonchev–Trinajstić information content (AvgIpc) is 2.15. The fraction of sp³-hybridized carbons (Fsp3) is 0.600. The predicted octanol–water partition coefficient (Wildman–Crippen LogP) is 4.11. The van der Waals surface area contributed by atoms with E-state index in [2.05, 4.69) is 46.5 Å². The van der Waals surface area contributed by atoms with Crippen LogP contribution in [0.15, 0.2) is 29.4 Å². The van der Waals surface area contributed by atoms with Crippen molar-refractivity contribution in [1.82, 2.24) is 4.98 Å². The summed E-state index contributed by atoms with van der Waals surface area (Å²) in [7, 11) is 0. The van der Waals surface area contributed by atoms with Gasteiger partial charge < -0.3 is 0 Å². The number of pyridine rings is 1. The highest BCUT2D eigenvalue weighted by Crippen LogP contribution is 2.30. The maximum atomic E-state index is 4.79. The molecule has 0 aliphatic rings. The standard InChI is InChI=1S/C15H24N2/c1-14(2,3)13(15(4,5)6)17-11-12-9-7-8-10-16-12/h7-10H,11H2,1-6H3. The molecule has 1 heterocycles. The molecule has 0 aliphatic carbocycles. The van der Waals surface area contributed by atoms with Crippen LogP contribution in [0.4, 0.5) is 0 Å². The second-order valence-corrected chi connectivity index (χ2v) is 6.49. The van der Waals surface area contributed by atoms with Crippen molar-refractivity contribution in [3.8, 4) is 0 Å². The molecule has 0 N–H and O–H groups in total. The van der Waals surface area contributed by atoms with Crippen molar-refractivity contribution in [2.75, 3.05) is 0 Å². The van der Waals surface area contributed by atoms with E-state index in [9.17, 15) is 0 Å². The van der Waals surface area contributed by atoms with E-state index < -0.39 is 0 Å². The Balaban J connectivity index is 2.93. The minimum atomic E-state index is 0.104. The van der Waals surface area contributed by atoms with Gasteiger partial charge in [0.25, 0.3) is 0 Å². The number of aliphatic imine (C=N–C) groups is 1. The van der Waals surface area contributed by atoms with Gasteiger partial charge >= 0.3 is 0 Å². The molecule has 2 heteroatoms. The third-order valence-corrected chi connectivity index (χ3v) is 2.55. The lowest BCUT2D eigenvalue weighted by atomic mass is 9.75. The van der Waals surface area contributed by atoms with E-state index in [1.54, 1.807) is 0 Å². The van der Waals surface area contributed by atoms with Crippen molar-refractivity contribution in [1.29, 1.82) is 0 Å². The molecule has 0 radical (unpaired) electrons. The highest BCUT2D eigenvalue weighted by atomic mass is 14.8. The van der Waals surface area contributed by atoms with Crippen LogP contribution in [0.25, 0.3) is 0 Å². The van der Waals surface area contributed by atoms with E-state index in [0.717, 1.165) is 5.69 Å². The van der Waals surface area contributed by atoms with Crippen molar-refractivity contribution in [2.45, 2.75) is 48.1 Å². The highest BCUT2D eigenvalue weighted by Gasteiger charge is 2.29. The smallest absolute Gasteiger partial charge is 0.0811 e. The summed E-state index contributed by atoms with van der Waals surface area (Å²) in [5.41, 5.74) is 2.48. The van der Waals surface area contributed by atoms with Crippen LogP contribution in [0.2, 0.25) is 0 Å². The van der Waals surface area contributed by atoms with Crippen LogP contribution in [0.5, 0.6) is 0 Å². The molecule has 1 aromatic rings. The topological polar surface area (TPSA) is 25.2 Å². The van der Waals surface area contributed by atoms with Crippen molar-refractivity contribution >= 4 is 5.71 Å². The van der Waals surface area contributed by atoms with Gasteiger partial charge in [0, 0.05) is 22.7 Å². The highest BCUT2D eigenvalue weighted by molar-refractivity contribution is 5.93. The molecule has 0 bridgehead atoms. The molecule has 0 saturated carbocycles. The van der Waals surface area contributed by atoms with Crippen LogP contribution in [0.3, 0.4) is 0 Å². The summed E-state index contributed by atoms with van der Waals surface area (Å²) in [4.78, 5) is 9.10. The predicted molar refractivity (Wildman–Crippen MR) is 74.3 cm³/mol. The van der Waals surface area contributed by atoms with Crippen molar-refractivity contribution in [3.05, 3.63) is 30.1 Å². The lowest BCUT2D eigenvalue weighted by Gasteiger charge is -2.32. The molecule has 0 aliphatic heterocycles. The Kier molecular flexibility index (Phi) is 4.07. The Labute approximate surface area is 105 Å². The summed E-state index contributed by atoms with van der Waals surface area (Å²) in [6.07, 6.45) is 1.82. The van der Waals surface area contributed by atoms with Gasteiger partial charge in [-0.2, -0.15) is 0 Å². The normalized spacial score (nSPS) is 12.4. The van der Waals surface area contributed by atoms with Gasteiger partial charge in [-0.15, -0.1) is 0 Å². The molecule has 1 rings (SSSR count). The van der Waals surface area contributed by atoms with Gasteiger partial charge in [0.1, 0.15) is 0 Å². The molecular weight excluding hydrogens is 208 g/mol. The van der Waals surface area contributed by atoms with Crippen LogP contribution >= 0.6 is 0 Å². The second kappa shape index (κ2) is 4.99. The molecular formula is C15H24N2. The molecule has 0 amide bonds. The average molecular weight is 232 g/mol. The third-order valence-electron chi connectivity index (χ3n) is 2.55. The largest absolute Gasteiger partial charge is 0.287 e. The molecule has 2 nitrogen and oxygen atoms in total. The molecule has 0 unspecified atom stereocenters.